The number of hydrogen-bond acceptors (Lipinski definition) is 2. The van der Waals surface area contributed by atoms with Crippen LogP contribution in [0.15, 0.2) is 59.6 Å². The lowest BCUT2D eigenvalue weighted by atomic mass is 10.1. The highest BCUT2D eigenvalue weighted by Gasteiger charge is 2.06. The van der Waals surface area contributed by atoms with Gasteiger partial charge in [-0.25, -0.2) is 0 Å². The molecule has 0 bridgehead atoms. The molecule has 0 unspecified atom stereocenters. The Morgan fingerprint density at radius 3 is 2.89 bits per heavy atom. The smallest absolute Gasteiger partial charge is 0.0927 e. The van der Waals surface area contributed by atoms with Crippen LogP contribution in [-0.4, -0.2) is 16.4 Å². The van der Waals surface area contributed by atoms with E-state index >= 15 is 0 Å². The predicted molar refractivity (Wildman–Crippen MR) is 74.2 cm³/mol. The van der Waals surface area contributed by atoms with Gasteiger partial charge in [-0.05, 0) is 12.1 Å². The summed E-state index contributed by atoms with van der Waals surface area (Å²) in [5, 5.41) is 7.36. The Bertz CT molecular complexity index is 618. The lowest BCUT2D eigenvalue weighted by Gasteiger charge is -1.94. The van der Waals surface area contributed by atoms with E-state index in [4.69, 9.17) is 0 Å². The quantitative estimate of drug-likeness (QED) is 0.851. The molecule has 1 aromatic heterocycles. The van der Waals surface area contributed by atoms with Gasteiger partial charge in [-0.2, -0.15) is 5.10 Å². The third kappa shape index (κ3) is 2.15. The van der Waals surface area contributed by atoms with Gasteiger partial charge in [0.05, 0.1) is 17.1 Å². The van der Waals surface area contributed by atoms with Crippen LogP contribution >= 0.6 is 0 Å². The Kier molecular flexibility index (Phi) is 2.88. The summed E-state index contributed by atoms with van der Waals surface area (Å²) in [6.07, 6.45) is 8.86. The van der Waals surface area contributed by atoms with E-state index in [1.165, 1.54) is 0 Å². The largest absolute Gasteiger partial charge is 0.276 e. The number of allylic oxidation sites excluding steroid dienone is 3. The molecule has 0 fully saturated rings. The first-order chi connectivity index (χ1) is 8.93. The minimum Gasteiger partial charge on any atom is -0.276 e. The maximum atomic E-state index is 4.40. The Morgan fingerprint density at radius 1 is 1.11 bits per heavy atom. The average Bonchev–Trinajstić information content (AvgIpc) is 2.76. The SMILES string of the molecule is C1=CCC=NC(c2cc(-c3ccccc3)n[nH]2)=C1. The van der Waals surface area contributed by atoms with Crippen molar-refractivity contribution in [1.29, 1.82) is 0 Å². The molecule has 2 aromatic rings. The van der Waals surface area contributed by atoms with Crippen LogP contribution in [0.4, 0.5) is 0 Å². The molecule has 1 aliphatic heterocycles. The minimum absolute atomic E-state index is 0.875. The molecule has 0 saturated carbocycles. The van der Waals surface area contributed by atoms with Crippen molar-refractivity contribution >= 4 is 11.9 Å². The second kappa shape index (κ2) is 4.84. The maximum absolute atomic E-state index is 4.40. The number of nitrogens with zero attached hydrogens (tertiary/aromatic N) is 2. The number of aromatic nitrogens is 2. The lowest BCUT2D eigenvalue weighted by molar-refractivity contribution is 1.07. The van der Waals surface area contributed by atoms with E-state index in [-0.39, 0.29) is 0 Å². The highest BCUT2D eigenvalue weighted by atomic mass is 15.1. The van der Waals surface area contributed by atoms with Crippen LogP contribution in [0.3, 0.4) is 0 Å². The molecule has 0 spiro atoms. The van der Waals surface area contributed by atoms with Crippen molar-refractivity contribution in [3.05, 3.63) is 60.3 Å². The minimum atomic E-state index is 0.875. The number of aromatic amines is 1. The average molecular weight is 235 g/mol. The van der Waals surface area contributed by atoms with Gasteiger partial charge in [0, 0.05) is 18.2 Å². The Morgan fingerprint density at radius 2 is 2.00 bits per heavy atom. The molecular weight excluding hydrogens is 222 g/mol. The molecule has 88 valence electrons. The number of nitrogens with one attached hydrogen (secondary N) is 1. The van der Waals surface area contributed by atoms with Crippen molar-refractivity contribution in [2.45, 2.75) is 6.42 Å². The Balaban J connectivity index is 1.95. The van der Waals surface area contributed by atoms with Crippen LogP contribution in [0.25, 0.3) is 17.0 Å². The molecule has 3 heteroatoms. The summed E-state index contributed by atoms with van der Waals surface area (Å²) in [5.74, 6) is 0. The van der Waals surface area contributed by atoms with Gasteiger partial charge in [0.15, 0.2) is 0 Å². The third-order valence-corrected chi connectivity index (χ3v) is 2.79. The molecular formula is C15H13N3. The van der Waals surface area contributed by atoms with Crippen LogP contribution in [0.2, 0.25) is 0 Å². The van der Waals surface area contributed by atoms with E-state index in [0.29, 0.717) is 0 Å². The van der Waals surface area contributed by atoms with Gasteiger partial charge in [-0.3, -0.25) is 10.1 Å². The molecule has 2 heterocycles. The molecule has 1 N–H and O–H groups in total. The lowest BCUT2D eigenvalue weighted by Crippen LogP contribution is -1.80. The van der Waals surface area contributed by atoms with Crippen LogP contribution in [-0.2, 0) is 0 Å². The van der Waals surface area contributed by atoms with Crippen molar-refractivity contribution in [3.63, 3.8) is 0 Å². The monoisotopic (exact) mass is 235 g/mol. The molecule has 0 amide bonds. The number of hydrogen-bond donors (Lipinski definition) is 1. The molecule has 3 nitrogen and oxygen atoms in total. The van der Waals surface area contributed by atoms with Gasteiger partial charge >= 0.3 is 0 Å². The van der Waals surface area contributed by atoms with E-state index in [9.17, 15) is 0 Å². The molecule has 0 aliphatic carbocycles. The van der Waals surface area contributed by atoms with Crippen molar-refractivity contribution in [2.24, 2.45) is 4.99 Å². The van der Waals surface area contributed by atoms with Crippen LogP contribution < -0.4 is 0 Å². The summed E-state index contributed by atoms with van der Waals surface area (Å²) < 4.78 is 0. The molecule has 0 radical (unpaired) electrons. The summed E-state index contributed by atoms with van der Waals surface area (Å²) in [5.41, 5.74) is 3.90. The first kappa shape index (κ1) is 10.7. The number of benzene rings is 1. The van der Waals surface area contributed by atoms with Gasteiger partial charge in [-0.15, -0.1) is 0 Å². The topological polar surface area (TPSA) is 41.0 Å². The van der Waals surface area contributed by atoms with Gasteiger partial charge in [0.25, 0.3) is 0 Å². The van der Waals surface area contributed by atoms with Gasteiger partial charge in [-0.1, -0.05) is 42.5 Å². The Hall–Kier alpha value is -2.42. The first-order valence-corrected chi connectivity index (χ1v) is 5.94. The second-order valence-corrected chi connectivity index (χ2v) is 4.06. The number of H-pyrrole nitrogens is 1. The van der Waals surface area contributed by atoms with Crippen molar-refractivity contribution in [3.8, 4) is 11.3 Å². The fourth-order valence-electron chi connectivity index (χ4n) is 1.86. The van der Waals surface area contributed by atoms with E-state index in [2.05, 4.69) is 21.3 Å². The van der Waals surface area contributed by atoms with E-state index in [1.54, 1.807) is 0 Å². The Labute approximate surface area is 106 Å². The van der Waals surface area contributed by atoms with Gasteiger partial charge < -0.3 is 0 Å². The fourth-order valence-corrected chi connectivity index (χ4v) is 1.86. The summed E-state index contributed by atoms with van der Waals surface area (Å²) >= 11 is 0. The molecule has 1 aliphatic rings. The molecule has 3 rings (SSSR count). The van der Waals surface area contributed by atoms with Crippen molar-refractivity contribution < 1.29 is 0 Å². The highest BCUT2D eigenvalue weighted by molar-refractivity contribution is 5.77. The normalized spacial score (nSPS) is 14.3. The summed E-state index contributed by atoms with van der Waals surface area (Å²) in [7, 11) is 0. The van der Waals surface area contributed by atoms with Crippen LogP contribution in [0.1, 0.15) is 12.1 Å². The summed E-state index contributed by atoms with van der Waals surface area (Å²) in [6.45, 7) is 0. The predicted octanol–water partition coefficient (Wildman–Crippen LogP) is 3.45. The maximum Gasteiger partial charge on any atom is 0.0927 e. The highest BCUT2D eigenvalue weighted by Crippen LogP contribution is 2.22. The molecule has 1 aromatic carbocycles. The zero-order chi connectivity index (χ0) is 12.2. The third-order valence-electron chi connectivity index (χ3n) is 2.79. The molecule has 0 saturated heterocycles. The van der Waals surface area contributed by atoms with E-state index < -0.39 is 0 Å². The first-order valence-electron chi connectivity index (χ1n) is 5.94. The van der Waals surface area contributed by atoms with Crippen LogP contribution in [0.5, 0.6) is 0 Å². The zero-order valence-electron chi connectivity index (χ0n) is 9.88. The van der Waals surface area contributed by atoms with Crippen LogP contribution in [0, 0.1) is 0 Å². The number of aliphatic imine (C=N–C) groups is 1. The van der Waals surface area contributed by atoms with E-state index in [0.717, 1.165) is 29.1 Å². The molecule has 18 heavy (non-hydrogen) atoms. The summed E-state index contributed by atoms with van der Waals surface area (Å²) in [4.78, 5) is 4.40. The van der Waals surface area contributed by atoms with E-state index in [1.807, 2.05) is 54.8 Å². The summed E-state index contributed by atoms with van der Waals surface area (Å²) in [6, 6.07) is 12.1. The fraction of sp³-hybridized carbons (Fsp3) is 0.0667. The number of rotatable bonds is 2. The van der Waals surface area contributed by atoms with Crippen molar-refractivity contribution in [2.75, 3.05) is 0 Å². The second-order valence-electron chi connectivity index (χ2n) is 4.06. The van der Waals surface area contributed by atoms with Gasteiger partial charge in [0.2, 0.25) is 0 Å². The zero-order valence-corrected chi connectivity index (χ0v) is 9.88. The van der Waals surface area contributed by atoms with Crippen molar-refractivity contribution in [1.82, 2.24) is 10.2 Å². The molecule has 0 atom stereocenters. The van der Waals surface area contributed by atoms with Gasteiger partial charge in [0.1, 0.15) is 0 Å². The standard InChI is InChI=1S/C15H13N3/c1-3-7-12(8-4-1)14-11-15(18-17-14)13-9-5-2-6-10-16-13/h1-5,7-11H,6H2,(H,17,18).